The van der Waals surface area contributed by atoms with E-state index < -0.39 is 10.8 Å². The van der Waals surface area contributed by atoms with Gasteiger partial charge in [0.1, 0.15) is 0 Å². The first-order chi connectivity index (χ1) is 8.56. The van der Waals surface area contributed by atoms with Crippen LogP contribution in [0, 0.1) is 6.92 Å². The molecule has 0 aliphatic heterocycles. The second-order valence-corrected chi connectivity index (χ2v) is 5.85. The van der Waals surface area contributed by atoms with Gasteiger partial charge < -0.3 is 11.1 Å². The number of anilines is 2. The largest absolute Gasteiger partial charge is 0.399 e. The van der Waals surface area contributed by atoms with Crippen LogP contribution in [-0.2, 0) is 10.8 Å². The van der Waals surface area contributed by atoms with Crippen LogP contribution in [0.4, 0.5) is 11.4 Å². The van der Waals surface area contributed by atoms with Crippen molar-refractivity contribution in [1.82, 2.24) is 4.98 Å². The number of nitrogens with one attached hydrogen (secondary N) is 1. The molecule has 5 heteroatoms. The highest BCUT2D eigenvalue weighted by atomic mass is 32.2. The second-order valence-electron chi connectivity index (χ2n) is 4.29. The van der Waals surface area contributed by atoms with Crippen molar-refractivity contribution < 1.29 is 4.21 Å². The minimum absolute atomic E-state index is 0.630. The average molecular weight is 263 g/mol. The van der Waals surface area contributed by atoms with Gasteiger partial charge in [0.15, 0.2) is 0 Å². The molecular weight excluding hydrogens is 246 g/mol. The van der Waals surface area contributed by atoms with Crippen LogP contribution in [0.5, 0.6) is 0 Å². The fourth-order valence-electron chi connectivity index (χ4n) is 1.85. The lowest BCUT2D eigenvalue weighted by atomic mass is 10.1. The molecule has 96 valence electrons. The van der Waals surface area contributed by atoms with Crippen LogP contribution in [0.15, 0.2) is 24.3 Å². The summed E-state index contributed by atoms with van der Waals surface area (Å²) in [5, 5.41) is 4.30. The smallest absolute Gasteiger partial charge is 0.0727 e. The molecule has 4 nitrogen and oxygen atoms in total. The number of nitrogen functional groups attached to an aromatic ring is 1. The van der Waals surface area contributed by atoms with E-state index in [-0.39, 0.29) is 0 Å². The molecule has 1 atom stereocenters. The van der Waals surface area contributed by atoms with Gasteiger partial charge >= 0.3 is 0 Å². The molecule has 0 bridgehead atoms. The number of nitrogens with zero attached hydrogens (tertiary/aromatic N) is 1. The van der Waals surface area contributed by atoms with Gasteiger partial charge in [0.2, 0.25) is 0 Å². The molecule has 2 aromatic rings. The van der Waals surface area contributed by atoms with E-state index in [9.17, 15) is 4.21 Å². The highest BCUT2D eigenvalue weighted by Gasteiger charge is 2.04. The summed E-state index contributed by atoms with van der Waals surface area (Å²) in [6.07, 6.45) is 1.70. The summed E-state index contributed by atoms with van der Waals surface area (Å²) in [6, 6.07) is 7.66. The Morgan fingerprint density at radius 1 is 1.39 bits per heavy atom. The number of rotatable bonds is 4. The van der Waals surface area contributed by atoms with E-state index in [1.54, 1.807) is 6.26 Å². The fraction of sp³-hybridized carbons (Fsp3) is 0.308. The molecule has 0 spiro atoms. The Labute approximate surface area is 109 Å². The van der Waals surface area contributed by atoms with Gasteiger partial charge in [0.05, 0.1) is 5.52 Å². The van der Waals surface area contributed by atoms with Crippen molar-refractivity contribution in [3.63, 3.8) is 0 Å². The third-order valence-electron chi connectivity index (χ3n) is 2.67. The maximum atomic E-state index is 11.1. The zero-order valence-corrected chi connectivity index (χ0v) is 11.4. The molecule has 0 saturated carbocycles. The minimum atomic E-state index is -0.786. The Morgan fingerprint density at radius 2 is 2.17 bits per heavy atom. The molecule has 1 aromatic carbocycles. The number of hydrogen-bond acceptors (Lipinski definition) is 4. The standard InChI is InChI=1S/C13H17N3OS/c1-9-7-13(15-5-6-18(2)17)11-8-10(14)3-4-12(11)16-9/h3-4,7-8H,5-6,14H2,1-2H3,(H,15,16). The van der Waals surface area contributed by atoms with E-state index in [0.717, 1.165) is 28.0 Å². The van der Waals surface area contributed by atoms with Crippen LogP contribution < -0.4 is 11.1 Å². The van der Waals surface area contributed by atoms with E-state index in [1.165, 1.54) is 0 Å². The lowest BCUT2D eigenvalue weighted by molar-refractivity contribution is 0.687. The van der Waals surface area contributed by atoms with Crippen molar-refractivity contribution in [3.05, 3.63) is 30.0 Å². The van der Waals surface area contributed by atoms with Crippen LogP contribution in [0.3, 0.4) is 0 Å². The molecule has 0 radical (unpaired) electrons. The van der Waals surface area contributed by atoms with Crippen LogP contribution >= 0.6 is 0 Å². The van der Waals surface area contributed by atoms with Crippen molar-refractivity contribution >= 4 is 33.1 Å². The van der Waals surface area contributed by atoms with Crippen LogP contribution in [0.2, 0.25) is 0 Å². The first kappa shape index (κ1) is 12.8. The first-order valence-electron chi connectivity index (χ1n) is 5.77. The monoisotopic (exact) mass is 263 g/mol. The molecule has 0 aliphatic rings. The molecule has 3 N–H and O–H groups in total. The maximum Gasteiger partial charge on any atom is 0.0727 e. The molecule has 1 aromatic heterocycles. The van der Waals surface area contributed by atoms with Gasteiger partial charge in [-0.3, -0.25) is 9.19 Å². The molecule has 0 amide bonds. The SMILES string of the molecule is Cc1cc(NCCS(C)=O)c2cc(N)ccc2n1. The minimum Gasteiger partial charge on any atom is -0.399 e. The third-order valence-corrected chi connectivity index (χ3v) is 3.44. The topological polar surface area (TPSA) is 68.0 Å². The Kier molecular flexibility index (Phi) is 3.81. The summed E-state index contributed by atoms with van der Waals surface area (Å²) < 4.78 is 11.1. The highest BCUT2D eigenvalue weighted by Crippen LogP contribution is 2.25. The van der Waals surface area contributed by atoms with Crippen molar-refractivity contribution in [2.75, 3.05) is 29.6 Å². The van der Waals surface area contributed by atoms with Crippen molar-refractivity contribution in [2.24, 2.45) is 0 Å². The van der Waals surface area contributed by atoms with Gasteiger partial charge in [-0.1, -0.05) is 0 Å². The normalized spacial score (nSPS) is 12.6. The zero-order chi connectivity index (χ0) is 13.1. The number of pyridine rings is 1. The summed E-state index contributed by atoms with van der Waals surface area (Å²) in [5.41, 5.74) is 9.39. The quantitative estimate of drug-likeness (QED) is 0.827. The highest BCUT2D eigenvalue weighted by molar-refractivity contribution is 7.84. The molecule has 0 aliphatic carbocycles. The number of aryl methyl sites for hydroxylation is 1. The number of benzene rings is 1. The van der Waals surface area contributed by atoms with Crippen molar-refractivity contribution in [2.45, 2.75) is 6.92 Å². The van der Waals surface area contributed by atoms with E-state index in [1.807, 2.05) is 31.2 Å². The first-order valence-corrected chi connectivity index (χ1v) is 7.50. The molecule has 0 saturated heterocycles. The van der Waals surface area contributed by atoms with Gasteiger partial charge in [0.25, 0.3) is 0 Å². The molecule has 0 fully saturated rings. The van der Waals surface area contributed by atoms with E-state index in [2.05, 4.69) is 10.3 Å². The third kappa shape index (κ3) is 2.98. The van der Waals surface area contributed by atoms with Gasteiger partial charge in [-0.2, -0.15) is 0 Å². The van der Waals surface area contributed by atoms with Crippen molar-refractivity contribution in [1.29, 1.82) is 0 Å². The second kappa shape index (κ2) is 5.35. The van der Waals surface area contributed by atoms with E-state index in [4.69, 9.17) is 5.73 Å². The fourth-order valence-corrected chi connectivity index (χ4v) is 2.24. The van der Waals surface area contributed by atoms with Crippen LogP contribution in [-0.4, -0.2) is 27.7 Å². The van der Waals surface area contributed by atoms with Crippen molar-refractivity contribution in [3.8, 4) is 0 Å². The molecule has 1 unspecified atom stereocenters. The average Bonchev–Trinajstić information content (AvgIpc) is 2.29. The number of nitrogens with two attached hydrogens (primary N) is 1. The summed E-state index contributed by atoms with van der Waals surface area (Å²) in [6.45, 7) is 2.63. The predicted octanol–water partition coefficient (Wildman–Crippen LogP) is 1.92. The number of hydrogen-bond donors (Lipinski definition) is 2. The van der Waals surface area contributed by atoms with E-state index >= 15 is 0 Å². The number of aromatic nitrogens is 1. The molecule has 1 heterocycles. The Morgan fingerprint density at radius 3 is 2.89 bits per heavy atom. The van der Waals surface area contributed by atoms with Gasteiger partial charge in [-0.25, -0.2) is 0 Å². The maximum absolute atomic E-state index is 11.1. The summed E-state index contributed by atoms with van der Waals surface area (Å²) >= 11 is 0. The van der Waals surface area contributed by atoms with Gasteiger partial charge in [-0.05, 0) is 31.2 Å². The Bertz CT molecular complexity index is 598. The van der Waals surface area contributed by atoms with Gasteiger partial charge in [0, 0.05) is 51.8 Å². The summed E-state index contributed by atoms with van der Waals surface area (Å²) in [7, 11) is -0.786. The molecule has 18 heavy (non-hydrogen) atoms. The summed E-state index contributed by atoms with van der Waals surface area (Å²) in [4.78, 5) is 4.47. The zero-order valence-electron chi connectivity index (χ0n) is 10.6. The predicted molar refractivity (Wildman–Crippen MR) is 78.3 cm³/mol. The molecular formula is C13H17N3OS. The lowest BCUT2D eigenvalue weighted by Crippen LogP contribution is -2.10. The number of fused-ring (bicyclic) bond motifs is 1. The Hall–Kier alpha value is -1.62. The van der Waals surface area contributed by atoms with E-state index in [0.29, 0.717) is 12.3 Å². The lowest BCUT2D eigenvalue weighted by Gasteiger charge is -2.10. The molecule has 2 rings (SSSR count). The van der Waals surface area contributed by atoms with Crippen LogP contribution in [0.25, 0.3) is 10.9 Å². The Balaban J connectivity index is 2.35. The summed E-state index contributed by atoms with van der Waals surface area (Å²) in [5.74, 6) is 0.630. The van der Waals surface area contributed by atoms with Gasteiger partial charge in [-0.15, -0.1) is 0 Å². The van der Waals surface area contributed by atoms with Crippen LogP contribution in [0.1, 0.15) is 5.69 Å².